The number of hydrogen-bond donors (Lipinski definition) is 0. The highest BCUT2D eigenvalue weighted by molar-refractivity contribution is 5.01. The van der Waals surface area contributed by atoms with Crippen LogP contribution in [0, 0.1) is 17.3 Å². The van der Waals surface area contributed by atoms with Crippen molar-refractivity contribution in [2.75, 3.05) is 0 Å². The second-order valence-electron chi connectivity index (χ2n) is 4.49. The lowest BCUT2D eigenvalue weighted by molar-refractivity contribution is 0.116. The molecule has 10 heavy (non-hydrogen) atoms. The summed E-state index contributed by atoms with van der Waals surface area (Å²) in [6.45, 7) is 4.76. The Kier molecular flexibility index (Phi) is 1.33. The van der Waals surface area contributed by atoms with Crippen molar-refractivity contribution in [2.24, 2.45) is 17.3 Å². The van der Waals surface area contributed by atoms with Crippen LogP contribution in [-0.2, 0) is 0 Å². The Morgan fingerprint density at radius 1 is 1.30 bits per heavy atom. The summed E-state index contributed by atoms with van der Waals surface area (Å²) in [6, 6.07) is 0. The maximum absolute atomic E-state index is 2.39. The van der Waals surface area contributed by atoms with Crippen LogP contribution in [0.25, 0.3) is 0 Å². The first-order chi connectivity index (χ1) is 4.77. The molecule has 0 heterocycles. The molecule has 0 aromatic rings. The summed E-state index contributed by atoms with van der Waals surface area (Å²) in [6.07, 6.45) is 7.60. The van der Waals surface area contributed by atoms with Gasteiger partial charge in [-0.25, -0.2) is 0 Å². The molecular weight excluding hydrogens is 120 g/mol. The van der Waals surface area contributed by atoms with E-state index in [1.54, 1.807) is 12.8 Å². The fourth-order valence-corrected chi connectivity index (χ4v) is 2.61. The lowest BCUT2D eigenvalue weighted by atomic mass is 9.67. The molecule has 2 aliphatic rings. The van der Waals surface area contributed by atoms with Crippen molar-refractivity contribution in [1.82, 2.24) is 0 Å². The maximum Gasteiger partial charge on any atom is -0.0271 e. The zero-order valence-electron chi connectivity index (χ0n) is 7.19. The molecule has 2 saturated carbocycles. The van der Waals surface area contributed by atoms with E-state index in [0.29, 0.717) is 0 Å². The molecule has 0 unspecified atom stereocenters. The van der Waals surface area contributed by atoms with Crippen LogP contribution >= 0.6 is 0 Å². The Bertz CT molecular complexity index is 127. The highest BCUT2D eigenvalue weighted by Crippen LogP contribution is 2.61. The van der Waals surface area contributed by atoms with E-state index >= 15 is 0 Å². The third kappa shape index (κ3) is 0.810. The number of hydrogen-bond acceptors (Lipinski definition) is 0. The number of rotatable bonds is 2. The van der Waals surface area contributed by atoms with Gasteiger partial charge in [0, 0.05) is 0 Å². The fraction of sp³-hybridized carbons (Fsp3) is 1.00. The van der Waals surface area contributed by atoms with E-state index in [4.69, 9.17) is 0 Å². The molecule has 0 spiro atoms. The van der Waals surface area contributed by atoms with Crippen molar-refractivity contribution in [3.63, 3.8) is 0 Å². The fourth-order valence-electron chi connectivity index (χ4n) is 2.61. The Morgan fingerprint density at radius 2 is 1.90 bits per heavy atom. The third-order valence-electron chi connectivity index (χ3n) is 3.84. The van der Waals surface area contributed by atoms with Gasteiger partial charge in [-0.3, -0.25) is 0 Å². The molecule has 0 aromatic carbocycles. The van der Waals surface area contributed by atoms with Gasteiger partial charge in [-0.1, -0.05) is 20.3 Å². The van der Waals surface area contributed by atoms with Crippen LogP contribution in [0.3, 0.4) is 0 Å². The monoisotopic (exact) mass is 138 g/mol. The standard InChI is InChI=1S/C10H18/c1-3-10(4-5-10)9-6-8(2)7-9/h8-9H,3-7H2,1-2H3. The lowest BCUT2D eigenvalue weighted by Crippen LogP contribution is -2.29. The minimum atomic E-state index is 0.868. The molecule has 58 valence electrons. The lowest BCUT2D eigenvalue weighted by Gasteiger charge is -2.39. The zero-order valence-corrected chi connectivity index (χ0v) is 7.19. The Labute approximate surface area is 64.0 Å². The predicted molar refractivity (Wildman–Crippen MR) is 43.8 cm³/mol. The molecule has 0 aliphatic heterocycles. The molecule has 0 atom stereocenters. The Morgan fingerprint density at radius 3 is 2.20 bits per heavy atom. The van der Waals surface area contributed by atoms with Gasteiger partial charge in [-0.15, -0.1) is 0 Å². The summed E-state index contributed by atoms with van der Waals surface area (Å²) >= 11 is 0. The van der Waals surface area contributed by atoms with Crippen LogP contribution in [0.4, 0.5) is 0 Å². The van der Waals surface area contributed by atoms with E-state index in [1.807, 2.05) is 0 Å². The molecule has 0 heteroatoms. The van der Waals surface area contributed by atoms with Crippen molar-refractivity contribution in [3.05, 3.63) is 0 Å². The predicted octanol–water partition coefficient (Wildman–Crippen LogP) is 3.22. The molecule has 2 rings (SSSR count). The van der Waals surface area contributed by atoms with Gasteiger partial charge in [-0.2, -0.15) is 0 Å². The van der Waals surface area contributed by atoms with Gasteiger partial charge in [0.15, 0.2) is 0 Å². The maximum atomic E-state index is 2.39. The molecule has 0 radical (unpaired) electrons. The van der Waals surface area contributed by atoms with Crippen molar-refractivity contribution >= 4 is 0 Å². The summed E-state index contributed by atoms with van der Waals surface area (Å²) in [5, 5.41) is 0. The second-order valence-corrected chi connectivity index (χ2v) is 4.49. The van der Waals surface area contributed by atoms with E-state index < -0.39 is 0 Å². The van der Waals surface area contributed by atoms with Crippen LogP contribution in [0.5, 0.6) is 0 Å². The highest BCUT2D eigenvalue weighted by atomic mass is 14.6. The van der Waals surface area contributed by atoms with Crippen LogP contribution in [-0.4, -0.2) is 0 Å². The summed E-state index contributed by atoms with van der Waals surface area (Å²) in [5.74, 6) is 2.18. The van der Waals surface area contributed by atoms with Gasteiger partial charge >= 0.3 is 0 Å². The molecule has 0 amide bonds. The molecule has 0 aromatic heterocycles. The van der Waals surface area contributed by atoms with Crippen LogP contribution in [0.2, 0.25) is 0 Å². The molecule has 0 bridgehead atoms. The smallest absolute Gasteiger partial charge is 0.0271 e. The van der Waals surface area contributed by atoms with Crippen molar-refractivity contribution in [2.45, 2.75) is 46.0 Å². The normalized spacial score (nSPS) is 42.6. The first kappa shape index (κ1) is 6.69. The van der Waals surface area contributed by atoms with Gasteiger partial charge in [0.05, 0.1) is 0 Å². The first-order valence-corrected chi connectivity index (χ1v) is 4.77. The molecule has 0 nitrogen and oxygen atoms in total. The summed E-state index contributed by atoms with van der Waals surface area (Å²) < 4.78 is 0. The molecular formula is C10H18. The van der Waals surface area contributed by atoms with E-state index in [9.17, 15) is 0 Å². The average molecular weight is 138 g/mol. The Hall–Kier alpha value is 0. The van der Waals surface area contributed by atoms with E-state index in [0.717, 1.165) is 17.3 Å². The minimum absolute atomic E-state index is 0.868. The quantitative estimate of drug-likeness (QED) is 0.549. The van der Waals surface area contributed by atoms with E-state index in [-0.39, 0.29) is 0 Å². The van der Waals surface area contributed by atoms with Gasteiger partial charge in [0.25, 0.3) is 0 Å². The average Bonchev–Trinajstić information content (AvgIpc) is 2.61. The Balaban J connectivity index is 1.89. The largest absolute Gasteiger partial charge is 0.0648 e. The second kappa shape index (κ2) is 1.99. The van der Waals surface area contributed by atoms with E-state index in [1.165, 1.54) is 19.3 Å². The highest BCUT2D eigenvalue weighted by Gasteiger charge is 2.50. The van der Waals surface area contributed by atoms with Crippen LogP contribution < -0.4 is 0 Å². The first-order valence-electron chi connectivity index (χ1n) is 4.77. The topological polar surface area (TPSA) is 0 Å². The summed E-state index contributed by atoms with van der Waals surface area (Å²) in [4.78, 5) is 0. The molecule has 0 saturated heterocycles. The van der Waals surface area contributed by atoms with Gasteiger partial charge in [0.1, 0.15) is 0 Å². The summed E-state index contributed by atoms with van der Waals surface area (Å²) in [7, 11) is 0. The van der Waals surface area contributed by atoms with Gasteiger partial charge < -0.3 is 0 Å². The zero-order chi connectivity index (χ0) is 7.19. The van der Waals surface area contributed by atoms with Gasteiger partial charge in [-0.05, 0) is 42.9 Å². The SMILES string of the molecule is CCC1(C2CC(C)C2)CC1. The minimum Gasteiger partial charge on any atom is -0.0648 e. The van der Waals surface area contributed by atoms with Gasteiger partial charge in [0.2, 0.25) is 0 Å². The molecule has 2 fully saturated rings. The third-order valence-corrected chi connectivity index (χ3v) is 3.84. The van der Waals surface area contributed by atoms with Crippen molar-refractivity contribution in [3.8, 4) is 0 Å². The van der Waals surface area contributed by atoms with Crippen LogP contribution in [0.15, 0.2) is 0 Å². The van der Waals surface area contributed by atoms with Crippen molar-refractivity contribution in [1.29, 1.82) is 0 Å². The molecule has 2 aliphatic carbocycles. The summed E-state index contributed by atoms with van der Waals surface area (Å²) in [5.41, 5.74) is 0.868. The van der Waals surface area contributed by atoms with Crippen LogP contribution in [0.1, 0.15) is 46.0 Å². The molecule has 0 N–H and O–H groups in total. The van der Waals surface area contributed by atoms with E-state index in [2.05, 4.69) is 13.8 Å². The van der Waals surface area contributed by atoms with Crippen molar-refractivity contribution < 1.29 is 0 Å².